The molecular weight excluding hydrogens is 396 g/mol. The highest BCUT2D eigenvalue weighted by Gasteiger charge is 2.24. The van der Waals surface area contributed by atoms with Crippen molar-refractivity contribution < 1.29 is 25.2 Å². The van der Waals surface area contributed by atoms with E-state index in [1.165, 1.54) is 35.0 Å². The molecule has 0 unspecified atom stereocenters. The van der Waals surface area contributed by atoms with E-state index >= 15 is 0 Å². The molecule has 0 radical (unpaired) electrons. The summed E-state index contributed by atoms with van der Waals surface area (Å²) >= 11 is 1.06. The minimum Gasteiger partial charge on any atom is -0.374 e. The van der Waals surface area contributed by atoms with E-state index in [1.807, 2.05) is 6.92 Å². The molecule has 26 heavy (non-hydrogen) atoms. The first-order valence-electron chi connectivity index (χ1n) is 7.35. The third kappa shape index (κ3) is 4.06. The highest BCUT2D eigenvalue weighted by Crippen LogP contribution is 2.35. The standard InChI is InChI=1S/C17H14O6S3/c1-13-7-9-15(10-8-13)26(20,21)23-17-12-24-11-16(17)22-25(18,19)14-5-3-2-4-6-14/h2-12H,1H3. The number of hydrogen-bond acceptors (Lipinski definition) is 7. The fraction of sp³-hybridized carbons (Fsp3) is 0.0588. The van der Waals surface area contributed by atoms with Crippen LogP contribution in [0.15, 0.2) is 75.1 Å². The fourth-order valence-corrected chi connectivity index (χ4v) is 4.67. The summed E-state index contributed by atoms with van der Waals surface area (Å²) in [5.41, 5.74) is 0.900. The molecule has 3 rings (SSSR count). The second kappa shape index (κ2) is 7.10. The topological polar surface area (TPSA) is 86.7 Å². The molecule has 0 atom stereocenters. The Labute approximate surface area is 155 Å². The first-order valence-corrected chi connectivity index (χ1v) is 11.1. The van der Waals surface area contributed by atoms with Gasteiger partial charge >= 0.3 is 20.2 Å². The van der Waals surface area contributed by atoms with Crippen LogP contribution in [0.2, 0.25) is 0 Å². The van der Waals surface area contributed by atoms with Gasteiger partial charge in [0.05, 0.1) is 0 Å². The minimum atomic E-state index is -4.11. The van der Waals surface area contributed by atoms with Crippen LogP contribution in [0.3, 0.4) is 0 Å². The number of rotatable bonds is 6. The molecule has 0 fully saturated rings. The molecule has 0 aliphatic heterocycles. The molecule has 1 aromatic heterocycles. The van der Waals surface area contributed by atoms with Crippen LogP contribution in [0.1, 0.15) is 5.56 Å². The van der Waals surface area contributed by atoms with Gasteiger partial charge in [-0.05, 0) is 31.2 Å². The first kappa shape index (κ1) is 18.4. The maximum absolute atomic E-state index is 12.4. The van der Waals surface area contributed by atoms with Gasteiger partial charge in [-0.2, -0.15) is 16.8 Å². The molecule has 2 aromatic carbocycles. The molecule has 9 heteroatoms. The van der Waals surface area contributed by atoms with Crippen molar-refractivity contribution in [2.24, 2.45) is 0 Å². The zero-order chi connectivity index (χ0) is 18.8. The highest BCUT2D eigenvalue weighted by molar-refractivity contribution is 7.87. The van der Waals surface area contributed by atoms with Gasteiger partial charge in [-0.3, -0.25) is 0 Å². The maximum Gasteiger partial charge on any atom is 0.339 e. The van der Waals surface area contributed by atoms with Gasteiger partial charge in [-0.15, -0.1) is 11.3 Å². The van der Waals surface area contributed by atoms with E-state index in [1.54, 1.807) is 30.3 Å². The van der Waals surface area contributed by atoms with Crippen molar-refractivity contribution in [3.63, 3.8) is 0 Å². The van der Waals surface area contributed by atoms with Crippen LogP contribution in [0.5, 0.6) is 11.5 Å². The smallest absolute Gasteiger partial charge is 0.339 e. The first-order chi connectivity index (χ1) is 12.3. The highest BCUT2D eigenvalue weighted by atomic mass is 32.2. The predicted octanol–water partition coefficient (Wildman–Crippen LogP) is 3.59. The van der Waals surface area contributed by atoms with E-state index in [4.69, 9.17) is 8.37 Å². The van der Waals surface area contributed by atoms with Crippen molar-refractivity contribution in [3.8, 4) is 11.5 Å². The lowest BCUT2D eigenvalue weighted by Gasteiger charge is -2.09. The number of hydrogen-bond donors (Lipinski definition) is 0. The number of benzene rings is 2. The molecule has 0 saturated carbocycles. The monoisotopic (exact) mass is 410 g/mol. The average molecular weight is 410 g/mol. The molecule has 0 N–H and O–H groups in total. The summed E-state index contributed by atoms with van der Waals surface area (Å²) in [5.74, 6) is -0.371. The largest absolute Gasteiger partial charge is 0.374 e. The van der Waals surface area contributed by atoms with Crippen LogP contribution in [0, 0.1) is 6.92 Å². The van der Waals surface area contributed by atoms with Gasteiger partial charge in [-0.25, -0.2) is 0 Å². The average Bonchev–Trinajstić information content (AvgIpc) is 3.01. The molecule has 0 aliphatic rings. The summed E-state index contributed by atoms with van der Waals surface area (Å²) < 4.78 is 59.5. The van der Waals surface area contributed by atoms with Crippen LogP contribution in [-0.2, 0) is 20.2 Å². The van der Waals surface area contributed by atoms with Crippen LogP contribution in [0.4, 0.5) is 0 Å². The molecule has 0 spiro atoms. The Kier molecular flexibility index (Phi) is 5.03. The summed E-state index contributed by atoms with van der Waals surface area (Å²) in [6.45, 7) is 1.83. The lowest BCUT2D eigenvalue weighted by Crippen LogP contribution is -2.12. The Balaban J connectivity index is 1.86. The zero-order valence-corrected chi connectivity index (χ0v) is 16.0. The van der Waals surface area contributed by atoms with Crippen molar-refractivity contribution in [3.05, 3.63) is 70.9 Å². The van der Waals surface area contributed by atoms with Gasteiger partial charge in [0, 0.05) is 10.8 Å². The molecule has 0 bridgehead atoms. The summed E-state index contributed by atoms with van der Waals surface area (Å²) in [5, 5.41) is 2.72. The molecule has 0 amide bonds. The van der Waals surface area contributed by atoms with Crippen molar-refractivity contribution in [2.45, 2.75) is 16.7 Å². The third-order valence-electron chi connectivity index (χ3n) is 3.33. The van der Waals surface area contributed by atoms with E-state index in [2.05, 4.69) is 0 Å². The van der Waals surface area contributed by atoms with Crippen molar-refractivity contribution in [1.82, 2.24) is 0 Å². The van der Waals surface area contributed by atoms with Crippen molar-refractivity contribution in [1.29, 1.82) is 0 Å². The summed E-state index contributed by atoms with van der Waals surface area (Å²) in [4.78, 5) is -0.0790. The Bertz CT molecular complexity index is 1100. The second-order valence-corrected chi connectivity index (χ2v) is 9.14. The molecule has 136 valence electrons. The van der Waals surface area contributed by atoms with Crippen molar-refractivity contribution >= 4 is 31.6 Å². The van der Waals surface area contributed by atoms with Crippen LogP contribution in [-0.4, -0.2) is 16.8 Å². The van der Waals surface area contributed by atoms with Gasteiger partial charge in [-0.1, -0.05) is 35.9 Å². The zero-order valence-electron chi connectivity index (χ0n) is 13.5. The SMILES string of the molecule is Cc1ccc(S(=O)(=O)Oc2cscc2OS(=O)(=O)c2ccccc2)cc1. The van der Waals surface area contributed by atoms with Gasteiger partial charge in [0.15, 0.2) is 11.5 Å². The predicted molar refractivity (Wildman–Crippen MR) is 97.6 cm³/mol. The number of aryl methyl sites for hydroxylation is 1. The molecule has 0 aliphatic carbocycles. The van der Waals surface area contributed by atoms with E-state index in [0.29, 0.717) is 0 Å². The molecular formula is C17H14O6S3. The second-order valence-electron chi connectivity index (χ2n) is 5.30. The van der Waals surface area contributed by atoms with Crippen molar-refractivity contribution in [2.75, 3.05) is 0 Å². The van der Waals surface area contributed by atoms with E-state index in [0.717, 1.165) is 16.9 Å². The lowest BCUT2D eigenvalue weighted by molar-refractivity contribution is 0.451. The van der Waals surface area contributed by atoms with Gasteiger partial charge in [0.25, 0.3) is 0 Å². The Morgan fingerprint density at radius 1 is 0.692 bits per heavy atom. The van der Waals surface area contributed by atoms with Crippen LogP contribution >= 0.6 is 11.3 Å². The van der Waals surface area contributed by atoms with Gasteiger partial charge in [0.1, 0.15) is 9.79 Å². The molecule has 1 heterocycles. The third-order valence-corrected chi connectivity index (χ3v) is 6.53. The minimum absolute atomic E-state index is 0.0360. The van der Waals surface area contributed by atoms with Crippen LogP contribution in [0.25, 0.3) is 0 Å². The summed E-state index contributed by atoms with van der Waals surface area (Å²) in [7, 11) is -8.21. The summed E-state index contributed by atoms with van der Waals surface area (Å²) in [6.07, 6.45) is 0. The van der Waals surface area contributed by atoms with E-state index < -0.39 is 20.2 Å². The van der Waals surface area contributed by atoms with E-state index in [9.17, 15) is 16.8 Å². The lowest BCUT2D eigenvalue weighted by atomic mass is 10.2. The Hall–Kier alpha value is -2.36. The van der Waals surface area contributed by atoms with Crippen LogP contribution < -0.4 is 8.37 Å². The van der Waals surface area contributed by atoms with Gasteiger partial charge in [0.2, 0.25) is 0 Å². The fourth-order valence-electron chi connectivity index (χ4n) is 2.02. The van der Waals surface area contributed by atoms with Gasteiger partial charge < -0.3 is 8.37 Å². The Morgan fingerprint density at radius 3 is 1.65 bits per heavy atom. The normalized spacial score (nSPS) is 11.9. The quantitative estimate of drug-likeness (QED) is 0.577. The molecule has 0 saturated heterocycles. The maximum atomic E-state index is 12.4. The number of thiophene rings is 1. The van der Waals surface area contributed by atoms with E-state index in [-0.39, 0.29) is 21.3 Å². The molecule has 3 aromatic rings. The molecule has 6 nitrogen and oxygen atoms in total. The Morgan fingerprint density at radius 2 is 1.15 bits per heavy atom. The summed E-state index contributed by atoms with van der Waals surface area (Å²) in [6, 6.07) is 13.7.